The van der Waals surface area contributed by atoms with Gasteiger partial charge in [-0.3, -0.25) is 14.5 Å². The number of fused-ring (bicyclic) bond motifs is 1. The lowest BCUT2D eigenvalue weighted by molar-refractivity contribution is -0.146. The van der Waals surface area contributed by atoms with E-state index in [4.69, 9.17) is 4.74 Å². The van der Waals surface area contributed by atoms with Crippen molar-refractivity contribution in [3.63, 3.8) is 0 Å². The van der Waals surface area contributed by atoms with Crippen LogP contribution in [0, 0.1) is 0 Å². The summed E-state index contributed by atoms with van der Waals surface area (Å²) in [6.45, 7) is 1.97. The molecule has 2 aliphatic rings. The van der Waals surface area contributed by atoms with Gasteiger partial charge in [0.25, 0.3) is 0 Å². The number of esters is 1. The second-order valence-corrected chi connectivity index (χ2v) is 7.63. The Hall–Kier alpha value is -3.15. The Morgan fingerprint density at radius 3 is 2.66 bits per heavy atom. The topological polar surface area (TPSA) is 75.7 Å². The number of cyclic esters (lactones) is 1. The molecule has 2 aromatic carbocycles. The molecule has 6 nitrogen and oxygen atoms in total. The average molecular weight is 392 g/mol. The summed E-state index contributed by atoms with van der Waals surface area (Å²) in [5, 5.41) is 3.03. The number of rotatable bonds is 6. The molecular formula is C23H24N2O4. The molecule has 6 heteroatoms. The second-order valence-electron chi connectivity index (χ2n) is 7.63. The van der Waals surface area contributed by atoms with Gasteiger partial charge in [0.2, 0.25) is 18.0 Å². The number of likely N-dealkylation sites (tertiary alicyclic amines) is 1. The van der Waals surface area contributed by atoms with Gasteiger partial charge < -0.3 is 10.1 Å². The van der Waals surface area contributed by atoms with Gasteiger partial charge in [0, 0.05) is 18.0 Å². The highest BCUT2D eigenvalue weighted by atomic mass is 16.6. The molecule has 1 N–H and O–H groups in total. The molecule has 29 heavy (non-hydrogen) atoms. The van der Waals surface area contributed by atoms with E-state index in [0.29, 0.717) is 17.5 Å². The van der Waals surface area contributed by atoms with Gasteiger partial charge in [0.05, 0.1) is 5.56 Å². The van der Waals surface area contributed by atoms with Crippen molar-refractivity contribution in [1.82, 2.24) is 10.2 Å². The molecule has 0 bridgehead atoms. The van der Waals surface area contributed by atoms with E-state index in [0.717, 1.165) is 12.8 Å². The highest BCUT2D eigenvalue weighted by Crippen LogP contribution is 2.38. The fourth-order valence-electron chi connectivity index (χ4n) is 4.03. The quantitative estimate of drug-likeness (QED) is 0.767. The van der Waals surface area contributed by atoms with Crippen LogP contribution < -0.4 is 5.32 Å². The summed E-state index contributed by atoms with van der Waals surface area (Å²) in [6.07, 6.45) is 1.53. The molecular weight excluding hydrogens is 368 g/mol. The number of carbonyl (C=O) groups excluding carboxylic acids is 3. The monoisotopic (exact) mass is 392 g/mol. The Bertz CT molecular complexity index is 927. The van der Waals surface area contributed by atoms with Gasteiger partial charge in [-0.1, -0.05) is 48.5 Å². The van der Waals surface area contributed by atoms with E-state index >= 15 is 0 Å². The number of hydrogen-bond acceptors (Lipinski definition) is 4. The normalized spacial score (nSPS) is 21.6. The Morgan fingerprint density at radius 1 is 1.14 bits per heavy atom. The molecule has 3 atom stereocenters. The number of carbonyl (C=O) groups is 3. The van der Waals surface area contributed by atoms with E-state index in [1.54, 1.807) is 24.3 Å². The summed E-state index contributed by atoms with van der Waals surface area (Å²) in [4.78, 5) is 39.1. The first-order chi connectivity index (χ1) is 14.0. The average Bonchev–Trinajstić information content (AvgIpc) is 3.27. The lowest BCUT2D eigenvalue weighted by Gasteiger charge is -2.30. The van der Waals surface area contributed by atoms with Gasteiger partial charge in [-0.25, -0.2) is 4.79 Å². The summed E-state index contributed by atoms with van der Waals surface area (Å²) in [6, 6.07) is 16.5. The number of aryl methyl sites for hydroxylation is 1. The number of amides is 2. The van der Waals surface area contributed by atoms with Crippen molar-refractivity contribution < 1.29 is 19.1 Å². The van der Waals surface area contributed by atoms with Crippen LogP contribution in [0.3, 0.4) is 0 Å². The molecule has 4 rings (SSSR count). The predicted molar refractivity (Wildman–Crippen MR) is 107 cm³/mol. The molecule has 0 unspecified atom stereocenters. The maximum atomic E-state index is 12.9. The third-order valence-corrected chi connectivity index (χ3v) is 5.57. The van der Waals surface area contributed by atoms with Gasteiger partial charge in [-0.2, -0.15) is 0 Å². The fraction of sp³-hybridized carbons (Fsp3) is 0.348. The zero-order chi connectivity index (χ0) is 20.4. The van der Waals surface area contributed by atoms with E-state index in [1.807, 2.05) is 25.1 Å². The second kappa shape index (κ2) is 8.07. The van der Waals surface area contributed by atoms with Gasteiger partial charge in [0.15, 0.2) is 0 Å². The highest BCUT2D eigenvalue weighted by molar-refractivity contribution is 5.96. The maximum Gasteiger partial charge on any atom is 0.340 e. The minimum absolute atomic E-state index is 0.0290. The third-order valence-electron chi connectivity index (χ3n) is 5.57. The van der Waals surface area contributed by atoms with Crippen molar-refractivity contribution in [3.8, 4) is 0 Å². The molecule has 0 saturated carbocycles. The smallest absolute Gasteiger partial charge is 0.340 e. The van der Waals surface area contributed by atoms with Crippen LogP contribution in [0.15, 0.2) is 54.6 Å². The first-order valence-corrected chi connectivity index (χ1v) is 10.00. The van der Waals surface area contributed by atoms with Crippen molar-refractivity contribution in [2.75, 3.05) is 0 Å². The minimum atomic E-state index is -0.830. The minimum Gasteiger partial charge on any atom is -0.433 e. The molecule has 2 amide bonds. The molecule has 2 aliphatic heterocycles. The van der Waals surface area contributed by atoms with Crippen LogP contribution in [0.2, 0.25) is 0 Å². The molecule has 0 spiro atoms. The largest absolute Gasteiger partial charge is 0.433 e. The molecule has 0 aliphatic carbocycles. The van der Waals surface area contributed by atoms with E-state index in [1.165, 1.54) is 10.5 Å². The van der Waals surface area contributed by atoms with Gasteiger partial charge in [0.1, 0.15) is 6.04 Å². The summed E-state index contributed by atoms with van der Waals surface area (Å²) >= 11 is 0. The van der Waals surface area contributed by atoms with Crippen LogP contribution in [-0.2, 0) is 20.7 Å². The highest BCUT2D eigenvalue weighted by Gasteiger charge is 2.46. The van der Waals surface area contributed by atoms with E-state index < -0.39 is 18.2 Å². The Kier molecular flexibility index (Phi) is 5.34. The van der Waals surface area contributed by atoms with E-state index in [-0.39, 0.29) is 24.3 Å². The number of hydrogen-bond donors (Lipinski definition) is 1. The van der Waals surface area contributed by atoms with Gasteiger partial charge in [-0.15, -0.1) is 0 Å². The van der Waals surface area contributed by atoms with Crippen LogP contribution in [0.1, 0.15) is 53.9 Å². The van der Waals surface area contributed by atoms with Crippen LogP contribution >= 0.6 is 0 Å². The SMILES string of the molecule is C[C@H](CCc1ccccc1)NC(=O)[C@@H]1CCC(=O)N1[C@@H]1OC(=O)c2ccccc21. The molecule has 1 saturated heterocycles. The van der Waals surface area contributed by atoms with Gasteiger partial charge in [-0.05, 0) is 37.8 Å². The van der Waals surface area contributed by atoms with E-state index in [2.05, 4.69) is 17.4 Å². The van der Waals surface area contributed by atoms with Crippen LogP contribution in [0.5, 0.6) is 0 Å². The summed E-state index contributed by atoms with van der Waals surface area (Å²) in [5.74, 6) is -0.825. The van der Waals surface area contributed by atoms with Crippen molar-refractivity contribution >= 4 is 17.8 Å². The Balaban J connectivity index is 1.43. The van der Waals surface area contributed by atoms with Crippen molar-refractivity contribution in [3.05, 3.63) is 71.3 Å². The fourth-order valence-corrected chi connectivity index (χ4v) is 4.03. The molecule has 2 heterocycles. The lowest BCUT2D eigenvalue weighted by Crippen LogP contribution is -2.48. The predicted octanol–water partition coefficient (Wildman–Crippen LogP) is 2.98. The molecule has 2 aromatic rings. The zero-order valence-electron chi connectivity index (χ0n) is 16.3. The van der Waals surface area contributed by atoms with Crippen molar-refractivity contribution in [2.24, 2.45) is 0 Å². The van der Waals surface area contributed by atoms with Crippen molar-refractivity contribution in [2.45, 2.75) is 50.9 Å². The lowest BCUT2D eigenvalue weighted by atomic mass is 10.1. The maximum absolute atomic E-state index is 12.9. The van der Waals surface area contributed by atoms with Gasteiger partial charge >= 0.3 is 5.97 Å². The summed E-state index contributed by atoms with van der Waals surface area (Å²) in [5.41, 5.74) is 2.32. The molecule has 0 radical (unpaired) electrons. The number of benzene rings is 2. The Morgan fingerprint density at radius 2 is 1.86 bits per heavy atom. The molecule has 150 valence electrons. The third kappa shape index (κ3) is 3.88. The molecule has 0 aromatic heterocycles. The number of nitrogens with one attached hydrogen (secondary N) is 1. The van der Waals surface area contributed by atoms with E-state index in [9.17, 15) is 14.4 Å². The first kappa shape index (κ1) is 19.2. The van der Waals surface area contributed by atoms with Crippen molar-refractivity contribution in [1.29, 1.82) is 0 Å². The summed E-state index contributed by atoms with van der Waals surface area (Å²) in [7, 11) is 0. The van der Waals surface area contributed by atoms with Crippen LogP contribution in [0.4, 0.5) is 0 Å². The Labute approximate surface area is 169 Å². The number of nitrogens with zero attached hydrogens (tertiary/aromatic N) is 1. The number of ether oxygens (including phenoxy) is 1. The standard InChI is InChI=1S/C23H24N2O4/c1-15(11-12-16-7-3-2-4-8-16)24-21(27)19-13-14-20(26)25(19)22-17-9-5-6-10-18(17)23(28)29-22/h2-10,15,19,22H,11-14H2,1H3,(H,24,27)/t15-,19+,22-/m1/s1. The first-order valence-electron chi connectivity index (χ1n) is 10.00. The van der Waals surface area contributed by atoms with Crippen LogP contribution in [0.25, 0.3) is 0 Å². The van der Waals surface area contributed by atoms with Crippen LogP contribution in [-0.4, -0.2) is 34.8 Å². The zero-order valence-corrected chi connectivity index (χ0v) is 16.3. The summed E-state index contributed by atoms with van der Waals surface area (Å²) < 4.78 is 5.46. The molecule has 1 fully saturated rings.